The third-order valence-electron chi connectivity index (χ3n) is 4.68. The number of alkyl carbamates (subject to hydrolysis) is 1. The Bertz CT molecular complexity index is 1130. The van der Waals surface area contributed by atoms with Crippen LogP contribution in [0.1, 0.15) is 45.0 Å². The van der Waals surface area contributed by atoms with E-state index in [1.165, 1.54) is 29.2 Å². The number of hydrogen-bond acceptors (Lipinski definition) is 7. The second-order valence-corrected chi connectivity index (χ2v) is 9.90. The van der Waals surface area contributed by atoms with Crippen LogP contribution in [-0.2, 0) is 9.53 Å². The molecule has 10 heteroatoms. The molecule has 0 saturated carbocycles. The average Bonchev–Trinajstić information content (AvgIpc) is 3.05. The second kappa shape index (κ2) is 9.72. The maximum atomic E-state index is 13.4. The molecule has 1 unspecified atom stereocenters. The molecule has 3 rings (SSSR count). The van der Waals surface area contributed by atoms with E-state index in [2.05, 4.69) is 5.32 Å². The van der Waals surface area contributed by atoms with E-state index < -0.39 is 22.8 Å². The van der Waals surface area contributed by atoms with Crippen LogP contribution < -0.4 is 5.32 Å². The van der Waals surface area contributed by atoms with Crippen molar-refractivity contribution in [2.45, 2.75) is 39.5 Å². The molecule has 2 aromatic rings. The molecule has 1 fully saturated rings. The molecule has 1 saturated heterocycles. The van der Waals surface area contributed by atoms with Crippen molar-refractivity contribution in [2.75, 3.05) is 0 Å². The van der Waals surface area contributed by atoms with Gasteiger partial charge in [0.15, 0.2) is 0 Å². The number of non-ortho nitro benzene ring substituents is 1. The third kappa shape index (κ3) is 5.77. The lowest BCUT2D eigenvalue weighted by Gasteiger charge is -2.29. The minimum absolute atomic E-state index is 0.111. The molecule has 33 heavy (non-hydrogen) atoms. The van der Waals surface area contributed by atoms with Gasteiger partial charge in [-0.15, -0.1) is 0 Å². The summed E-state index contributed by atoms with van der Waals surface area (Å²) in [6.07, 6.45) is -1.75. The predicted molar refractivity (Wildman–Crippen MR) is 131 cm³/mol. The minimum atomic E-state index is -1.01. The number of nitro benzene ring substituents is 1. The summed E-state index contributed by atoms with van der Waals surface area (Å²) >= 11 is 6.65. The third-order valence-corrected chi connectivity index (χ3v) is 6.18. The van der Waals surface area contributed by atoms with Crippen LogP contribution >= 0.6 is 24.0 Å². The van der Waals surface area contributed by atoms with E-state index in [4.69, 9.17) is 17.0 Å². The molecule has 1 aliphatic heterocycles. The fourth-order valence-corrected chi connectivity index (χ4v) is 4.50. The van der Waals surface area contributed by atoms with Crippen molar-refractivity contribution in [2.24, 2.45) is 0 Å². The number of ether oxygens (including phenoxy) is 1. The first-order chi connectivity index (χ1) is 15.5. The van der Waals surface area contributed by atoms with Crippen molar-refractivity contribution >= 4 is 51.6 Å². The van der Waals surface area contributed by atoms with Gasteiger partial charge in [0.05, 0.1) is 9.83 Å². The number of allylic oxidation sites excluding steroid dienone is 1. The Morgan fingerprint density at radius 2 is 1.76 bits per heavy atom. The predicted octanol–water partition coefficient (Wildman–Crippen LogP) is 5.41. The van der Waals surface area contributed by atoms with Crippen LogP contribution in [0.2, 0.25) is 0 Å². The quantitative estimate of drug-likeness (QED) is 0.261. The number of hydrogen-bond donors (Lipinski definition) is 1. The van der Waals surface area contributed by atoms with Crippen LogP contribution in [-0.4, -0.2) is 31.7 Å². The van der Waals surface area contributed by atoms with Gasteiger partial charge in [0, 0.05) is 12.1 Å². The van der Waals surface area contributed by atoms with E-state index in [0.29, 0.717) is 10.5 Å². The van der Waals surface area contributed by atoms with Gasteiger partial charge in [0.25, 0.3) is 11.6 Å². The lowest BCUT2D eigenvalue weighted by Crippen LogP contribution is -2.45. The summed E-state index contributed by atoms with van der Waals surface area (Å²) in [6.45, 7) is 7.00. The van der Waals surface area contributed by atoms with E-state index in [0.717, 1.165) is 22.9 Å². The molecular formula is C23H23N3O5S2. The lowest BCUT2D eigenvalue weighted by atomic mass is 10.1. The zero-order valence-corrected chi connectivity index (χ0v) is 20.2. The summed E-state index contributed by atoms with van der Waals surface area (Å²) in [7, 11) is 0. The molecule has 0 radical (unpaired) electrons. The number of nitro groups is 1. The van der Waals surface area contributed by atoms with Crippen molar-refractivity contribution in [1.82, 2.24) is 10.2 Å². The monoisotopic (exact) mass is 485 g/mol. The first-order valence-corrected chi connectivity index (χ1v) is 11.3. The van der Waals surface area contributed by atoms with E-state index in [1.807, 2.05) is 37.3 Å². The van der Waals surface area contributed by atoms with Crippen LogP contribution in [0, 0.1) is 10.1 Å². The van der Waals surface area contributed by atoms with Crippen LogP contribution in [0.25, 0.3) is 5.57 Å². The topological polar surface area (TPSA) is 102 Å². The minimum Gasteiger partial charge on any atom is -0.444 e. The van der Waals surface area contributed by atoms with Crippen LogP contribution in [0.15, 0.2) is 59.5 Å². The van der Waals surface area contributed by atoms with Crippen LogP contribution in [0.5, 0.6) is 0 Å². The van der Waals surface area contributed by atoms with Crippen molar-refractivity contribution < 1.29 is 19.2 Å². The summed E-state index contributed by atoms with van der Waals surface area (Å²) in [5.41, 5.74) is 1.21. The highest BCUT2D eigenvalue weighted by molar-refractivity contribution is 8.26. The normalized spacial score (nSPS) is 16.4. The number of nitrogens with one attached hydrogen (secondary N) is 1. The number of nitrogens with zero attached hydrogens (tertiary/aromatic N) is 2. The molecular weight excluding hydrogens is 462 g/mol. The van der Waals surface area contributed by atoms with Gasteiger partial charge in [-0.05, 0) is 56.5 Å². The zero-order valence-electron chi connectivity index (χ0n) is 18.5. The van der Waals surface area contributed by atoms with Gasteiger partial charge in [-0.1, -0.05) is 54.3 Å². The standard InChI is InChI=1S/C23H23N3O5S2/c1-14(15-8-6-5-7-9-15)18-20(27)25(22(32)33-18)19(24-21(28)31-23(2,3)4)16-10-12-17(13-11-16)26(29)30/h5-13,19H,1-4H3,(H,24,28)/b18-14-. The van der Waals surface area contributed by atoms with Crippen molar-refractivity contribution in [3.63, 3.8) is 0 Å². The molecule has 1 heterocycles. The van der Waals surface area contributed by atoms with E-state index in [9.17, 15) is 19.7 Å². The van der Waals surface area contributed by atoms with Crippen LogP contribution in [0.4, 0.5) is 10.5 Å². The fraction of sp³-hybridized carbons (Fsp3) is 0.261. The van der Waals surface area contributed by atoms with Gasteiger partial charge >= 0.3 is 6.09 Å². The zero-order chi connectivity index (χ0) is 24.3. The Morgan fingerprint density at radius 3 is 2.30 bits per heavy atom. The summed E-state index contributed by atoms with van der Waals surface area (Å²) in [4.78, 5) is 38.3. The number of benzene rings is 2. The number of rotatable bonds is 5. The molecule has 1 aliphatic rings. The highest BCUT2D eigenvalue weighted by atomic mass is 32.2. The fourth-order valence-electron chi connectivity index (χ4n) is 3.15. The largest absolute Gasteiger partial charge is 0.444 e. The van der Waals surface area contributed by atoms with Crippen LogP contribution in [0.3, 0.4) is 0 Å². The molecule has 0 aliphatic carbocycles. The summed E-state index contributed by atoms with van der Waals surface area (Å²) in [5, 5.41) is 13.7. The average molecular weight is 486 g/mol. The Labute approximate surface area is 201 Å². The second-order valence-electron chi connectivity index (χ2n) is 8.26. The first kappa shape index (κ1) is 24.4. The van der Waals surface area contributed by atoms with E-state index in [1.54, 1.807) is 20.8 Å². The molecule has 172 valence electrons. The maximum Gasteiger partial charge on any atom is 0.409 e. The summed E-state index contributed by atoms with van der Waals surface area (Å²) in [6, 6.07) is 15.0. The number of carbonyl (C=O) groups excluding carboxylic acids is 2. The van der Waals surface area contributed by atoms with E-state index in [-0.39, 0.29) is 15.9 Å². The number of carbonyl (C=O) groups is 2. The smallest absolute Gasteiger partial charge is 0.409 e. The summed E-state index contributed by atoms with van der Waals surface area (Å²) in [5.74, 6) is -0.370. The number of thiocarbonyl (C=S) groups is 1. The van der Waals surface area contributed by atoms with Gasteiger partial charge in [0.1, 0.15) is 16.1 Å². The van der Waals surface area contributed by atoms with Gasteiger partial charge < -0.3 is 4.74 Å². The SMILES string of the molecule is C/C(=C1/SC(=S)N(C(NC(=O)OC(C)(C)C)c2ccc([N+](=O)[O-])cc2)C1=O)c1ccccc1. The Hall–Kier alpha value is -3.24. The highest BCUT2D eigenvalue weighted by Gasteiger charge is 2.40. The Kier molecular flexibility index (Phi) is 7.19. The van der Waals surface area contributed by atoms with Crippen molar-refractivity contribution in [3.8, 4) is 0 Å². The molecule has 0 bridgehead atoms. The van der Waals surface area contributed by atoms with Gasteiger partial charge in [0.2, 0.25) is 0 Å². The van der Waals surface area contributed by atoms with Gasteiger partial charge in [-0.2, -0.15) is 0 Å². The lowest BCUT2D eigenvalue weighted by molar-refractivity contribution is -0.384. The highest BCUT2D eigenvalue weighted by Crippen LogP contribution is 2.40. The first-order valence-electron chi connectivity index (χ1n) is 10.0. The van der Waals surface area contributed by atoms with Crippen molar-refractivity contribution in [3.05, 3.63) is 80.7 Å². The Balaban J connectivity index is 2.00. The van der Waals surface area contributed by atoms with Gasteiger partial charge in [-0.25, -0.2) is 4.79 Å². The summed E-state index contributed by atoms with van der Waals surface area (Å²) < 4.78 is 5.62. The molecule has 1 atom stereocenters. The Morgan fingerprint density at radius 1 is 1.15 bits per heavy atom. The van der Waals surface area contributed by atoms with E-state index >= 15 is 0 Å². The molecule has 1 N–H and O–H groups in total. The molecule has 2 amide bonds. The number of thioether (sulfide) groups is 1. The molecule has 8 nitrogen and oxygen atoms in total. The molecule has 2 aromatic carbocycles. The molecule has 0 aromatic heterocycles. The number of amides is 2. The van der Waals surface area contributed by atoms with Gasteiger partial charge in [-0.3, -0.25) is 25.1 Å². The maximum absolute atomic E-state index is 13.4. The van der Waals surface area contributed by atoms with Crippen molar-refractivity contribution in [1.29, 1.82) is 0 Å². The molecule has 0 spiro atoms.